The van der Waals surface area contributed by atoms with Crippen molar-refractivity contribution in [2.45, 2.75) is 19.3 Å². The average Bonchev–Trinajstić information content (AvgIpc) is 2.65. The number of nitrogens with one attached hydrogen (secondary N) is 2. The zero-order valence-electron chi connectivity index (χ0n) is 14.1. The normalized spacial score (nSPS) is 14.0. The highest BCUT2D eigenvalue weighted by molar-refractivity contribution is 7.80. The number of halogens is 2. The van der Waals surface area contributed by atoms with E-state index in [0.29, 0.717) is 5.02 Å². The van der Waals surface area contributed by atoms with Crippen molar-refractivity contribution in [3.05, 3.63) is 58.1 Å². The van der Waals surface area contributed by atoms with Crippen LogP contribution in [0.3, 0.4) is 0 Å². The van der Waals surface area contributed by atoms with Gasteiger partial charge in [-0.1, -0.05) is 29.3 Å². The summed E-state index contributed by atoms with van der Waals surface area (Å²) in [5, 5.41) is 6.37. The zero-order valence-corrected chi connectivity index (χ0v) is 16.4. The topological polar surface area (TPSA) is 44.4 Å². The molecule has 0 aromatic heterocycles. The van der Waals surface area contributed by atoms with Gasteiger partial charge in [-0.15, -0.1) is 0 Å². The van der Waals surface area contributed by atoms with Gasteiger partial charge in [0.15, 0.2) is 5.11 Å². The number of carbonyl (C=O) groups is 1. The SMILES string of the molecule is O=C(NC(=S)Nc1ccc(N2CCCCC2)cc1)c1cccc(Cl)c1Cl. The van der Waals surface area contributed by atoms with E-state index in [0.717, 1.165) is 18.8 Å². The number of thiocarbonyl (C=S) groups is 1. The van der Waals surface area contributed by atoms with Gasteiger partial charge in [-0.05, 0) is 67.9 Å². The van der Waals surface area contributed by atoms with Gasteiger partial charge in [0.05, 0.1) is 15.6 Å². The van der Waals surface area contributed by atoms with Gasteiger partial charge >= 0.3 is 0 Å². The van der Waals surface area contributed by atoms with Crippen molar-refractivity contribution >= 4 is 57.8 Å². The van der Waals surface area contributed by atoms with Gasteiger partial charge in [0.2, 0.25) is 0 Å². The highest BCUT2D eigenvalue weighted by Gasteiger charge is 2.14. The van der Waals surface area contributed by atoms with Crippen molar-refractivity contribution in [1.82, 2.24) is 5.32 Å². The van der Waals surface area contributed by atoms with E-state index >= 15 is 0 Å². The fraction of sp³-hybridized carbons (Fsp3) is 0.263. The number of carbonyl (C=O) groups excluding carboxylic acids is 1. The lowest BCUT2D eigenvalue weighted by molar-refractivity contribution is 0.0978. The third-order valence-electron chi connectivity index (χ3n) is 4.27. The van der Waals surface area contributed by atoms with Crippen LogP contribution in [0, 0.1) is 0 Å². The van der Waals surface area contributed by atoms with Crippen molar-refractivity contribution in [1.29, 1.82) is 0 Å². The Bertz CT molecular complexity index is 805. The minimum Gasteiger partial charge on any atom is -0.372 e. The van der Waals surface area contributed by atoms with E-state index in [1.165, 1.54) is 24.9 Å². The molecule has 1 fully saturated rings. The Labute approximate surface area is 168 Å². The third-order valence-corrected chi connectivity index (χ3v) is 5.29. The van der Waals surface area contributed by atoms with E-state index in [1.807, 2.05) is 12.1 Å². The van der Waals surface area contributed by atoms with E-state index < -0.39 is 5.91 Å². The first-order valence-electron chi connectivity index (χ1n) is 8.46. The molecule has 0 saturated carbocycles. The molecule has 0 atom stereocenters. The van der Waals surface area contributed by atoms with Crippen molar-refractivity contribution < 1.29 is 4.79 Å². The van der Waals surface area contributed by atoms with Gasteiger partial charge < -0.3 is 10.2 Å². The third kappa shape index (κ3) is 4.67. The molecule has 0 spiro atoms. The molecule has 136 valence electrons. The van der Waals surface area contributed by atoms with Gasteiger partial charge in [0.1, 0.15) is 0 Å². The number of rotatable bonds is 3. The summed E-state index contributed by atoms with van der Waals surface area (Å²) in [6.45, 7) is 2.20. The molecule has 1 saturated heterocycles. The van der Waals surface area contributed by atoms with Crippen LogP contribution in [-0.2, 0) is 0 Å². The molecule has 2 N–H and O–H groups in total. The Morgan fingerprint density at radius 3 is 2.38 bits per heavy atom. The Morgan fingerprint density at radius 1 is 1.00 bits per heavy atom. The Hall–Kier alpha value is -1.82. The van der Waals surface area contributed by atoms with Gasteiger partial charge in [-0.2, -0.15) is 0 Å². The molecule has 3 rings (SSSR count). The Morgan fingerprint density at radius 2 is 1.69 bits per heavy atom. The van der Waals surface area contributed by atoms with Crippen LogP contribution in [0.1, 0.15) is 29.6 Å². The van der Waals surface area contributed by atoms with Gasteiger partial charge in [0, 0.05) is 24.5 Å². The van der Waals surface area contributed by atoms with Crippen molar-refractivity contribution in [2.75, 3.05) is 23.3 Å². The molecule has 1 heterocycles. The summed E-state index contributed by atoms with van der Waals surface area (Å²) < 4.78 is 0. The van der Waals surface area contributed by atoms with E-state index in [2.05, 4.69) is 27.7 Å². The molecule has 26 heavy (non-hydrogen) atoms. The van der Waals surface area contributed by atoms with Crippen molar-refractivity contribution in [2.24, 2.45) is 0 Å². The summed E-state index contributed by atoms with van der Waals surface area (Å²) in [6, 6.07) is 12.9. The quantitative estimate of drug-likeness (QED) is 0.693. The zero-order chi connectivity index (χ0) is 18.5. The van der Waals surface area contributed by atoms with Crippen LogP contribution in [0.2, 0.25) is 10.0 Å². The molecule has 0 radical (unpaired) electrons. The first-order valence-corrected chi connectivity index (χ1v) is 9.62. The van der Waals surface area contributed by atoms with E-state index in [-0.39, 0.29) is 15.7 Å². The highest BCUT2D eigenvalue weighted by Crippen LogP contribution is 2.25. The molecular formula is C19H19Cl2N3OS. The fourth-order valence-corrected chi connectivity index (χ4v) is 3.52. The number of benzene rings is 2. The summed E-state index contributed by atoms with van der Waals surface area (Å²) >= 11 is 17.2. The minimum absolute atomic E-state index is 0.205. The van der Waals surface area contributed by atoms with Gasteiger partial charge in [-0.25, -0.2) is 0 Å². The maximum Gasteiger partial charge on any atom is 0.258 e. The number of hydrogen-bond acceptors (Lipinski definition) is 3. The lowest BCUT2D eigenvalue weighted by Gasteiger charge is -2.28. The molecule has 2 aromatic rings. The first-order chi connectivity index (χ1) is 12.5. The number of hydrogen-bond donors (Lipinski definition) is 2. The lowest BCUT2D eigenvalue weighted by atomic mass is 10.1. The lowest BCUT2D eigenvalue weighted by Crippen LogP contribution is -2.34. The van der Waals surface area contributed by atoms with Crippen LogP contribution >= 0.6 is 35.4 Å². The molecule has 1 aliphatic rings. The van der Waals surface area contributed by atoms with Crippen LogP contribution < -0.4 is 15.5 Å². The second-order valence-electron chi connectivity index (χ2n) is 6.10. The average molecular weight is 408 g/mol. The summed E-state index contributed by atoms with van der Waals surface area (Å²) in [7, 11) is 0. The van der Waals surface area contributed by atoms with Gasteiger partial charge in [-0.3, -0.25) is 10.1 Å². The molecular weight excluding hydrogens is 389 g/mol. The number of amides is 1. The smallest absolute Gasteiger partial charge is 0.258 e. The fourth-order valence-electron chi connectivity index (χ4n) is 2.92. The van der Waals surface area contributed by atoms with Crippen LogP contribution in [0.25, 0.3) is 0 Å². The van der Waals surface area contributed by atoms with Crippen LogP contribution in [0.15, 0.2) is 42.5 Å². The minimum atomic E-state index is -0.403. The second kappa shape index (κ2) is 8.71. The molecule has 4 nitrogen and oxygen atoms in total. The standard InChI is InChI=1S/C19H19Cl2N3OS/c20-16-6-4-5-15(17(16)21)18(25)23-19(26)22-13-7-9-14(10-8-13)24-11-2-1-3-12-24/h4-10H,1-3,11-12H2,(H2,22,23,25,26). The predicted octanol–water partition coefficient (Wildman–Crippen LogP) is 5.11. The largest absolute Gasteiger partial charge is 0.372 e. The van der Waals surface area contributed by atoms with E-state index in [1.54, 1.807) is 18.2 Å². The van der Waals surface area contributed by atoms with Crippen LogP contribution in [0.4, 0.5) is 11.4 Å². The second-order valence-corrected chi connectivity index (χ2v) is 7.30. The molecule has 2 aromatic carbocycles. The van der Waals surface area contributed by atoms with Crippen molar-refractivity contribution in [3.63, 3.8) is 0 Å². The van der Waals surface area contributed by atoms with Crippen LogP contribution in [-0.4, -0.2) is 24.1 Å². The van der Waals surface area contributed by atoms with Gasteiger partial charge in [0.25, 0.3) is 5.91 Å². The van der Waals surface area contributed by atoms with E-state index in [9.17, 15) is 4.79 Å². The maximum absolute atomic E-state index is 12.3. The van der Waals surface area contributed by atoms with E-state index in [4.69, 9.17) is 35.4 Å². The predicted molar refractivity (Wildman–Crippen MR) is 113 cm³/mol. The summed E-state index contributed by atoms with van der Waals surface area (Å²) in [6.07, 6.45) is 3.78. The maximum atomic E-state index is 12.3. The molecule has 0 bridgehead atoms. The molecule has 7 heteroatoms. The number of anilines is 2. The number of piperidine rings is 1. The summed E-state index contributed by atoms with van der Waals surface area (Å²) in [5.41, 5.74) is 2.30. The molecule has 0 unspecified atom stereocenters. The molecule has 0 aliphatic carbocycles. The Kier molecular flexibility index (Phi) is 6.35. The Balaban J connectivity index is 1.59. The summed E-state index contributed by atoms with van der Waals surface area (Å²) in [4.78, 5) is 14.7. The number of nitrogens with zero attached hydrogens (tertiary/aromatic N) is 1. The summed E-state index contributed by atoms with van der Waals surface area (Å²) in [5.74, 6) is -0.403. The molecule has 1 amide bonds. The monoisotopic (exact) mass is 407 g/mol. The van der Waals surface area contributed by atoms with Crippen LogP contribution in [0.5, 0.6) is 0 Å². The highest BCUT2D eigenvalue weighted by atomic mass is 35.5. The molecule has 1 aliphatic heterocycles. The van der Waals surface area contributed by atoms with Crippen molar-refractivity contribution in [3.8, 4) is 0 Å². The first kappa shape index (κ1) is 19.0.